The third-order valence-electron chi connectivity index (χ3n) is 6.20. The number of nitrogens with zero attached hydrogens (tertiary/aromatic N) is 2. The van der Waals surface area contributed by atoms with Crippen LogP contribution in [-0.2, 0) is 16.1 Å². The Kier molecular flexibility index (Phi) is 6.04. The van der Waals surface area contributed by atoms with E-state index in [0.29, 0.717) is 43.2 Å². The third kappa shape index (κ3) is 4.42. The van der Waals surface area contributed by atoms with E-state index in [2.05, 4.69) is 16.3 Å². The van der Waals surface area contributed by atoms with E-state index in [1.807, 2.05) is 12.1 Å². The van der Waals surface area contributed by atoms with Crippen LogP contribution in [0.2, 0.25) is 0 Å². The van der Waals surface area contributed by atoms with Crippen molar-refractivity contribution < 1.29 is 19.0 Å². The molecule has 3 fully saturated rings. The van der Waals surface area contributed by atoms with Crippen LogP contribution < -0.4 is 14.8 Å². The highest BCUT2D eigenvalue weighted by Crippen LogP contribution is 2.37. The van der Waals surface area contributed by atoms with Crippen LogP contribution in [0.4, 0.5) is 0 Å². The summed E-state index contributed by atoms with van der Waals surface area (Å²) < 4.78 is 16.6. The molecule has 1 N–H and O–H groups in total. The van der Waals surface area contributed by atoms with Gasteiger partial charge in [0.25, 0.3) is 5.91 Å². The van der Waals surface area contributed by atoms with E-state index in [4.69, 9.17) is 14.2 Å². The van der Waals surface area contributed by atoms with Gasteiger partial charge in [-0.15, -0.1) is 0 Å². The molecule has 7 heteroatoms. The molecular formula is C21H31N3O4. The lowest BCUT2D eigenvalue weighted by Crippen LogP contribution is -2.43. The smallest absolute Gasteiger partial charge is 0.260 e. The van der Waals surface area contributed by atoms with Crippen LogP contribution in [0.5, 0.6) is 11.5 Å². The van der Waals surface area contributed by atoms with Gasteiger partial charge in [-0.25, -0.2) is 0 Å². The van der Waals surface area contributed by atoms with Crippen LogP contribution in [0.25, 0.3) is 0 Å². The summed E-state index contributed by atoms with van der Waals surface area (Å²) in [5, 5.41) is 3.51. The standard InChI is InChI=1S/C21H31N3O4/c1-26-19-12-17(13-23-7-5-21(16-23)4-6-22-15-21)2-3-18(19)28-14-20(25)24-8-10-27-11-9-24/h2-3,12,22H,4-11,13-16H2,1H3. The monoisotopic (exact) mass is 389 g/mol. The van der Waals surface area contributed by atoms with E-state index >= 15 is 0 Å². The number of nitrogens with one attached hydrogen (secondary N) is 1. The summed E-state index contributed by atoms with van der Waals surface area (Å²) in [6.07, 6.45) is 2.57. The number of benzene rings is 1. The van der Waals surface area contributed by atoms with E-state index in [-0.39, 0.29) is 12.5 Å². The maximum absolute atomic E-state index is 12.3. The van der Waals surface area contributed by atoms with E-state index in [0.717, 1.165) is 32.7 Å². The summed E-state index contributed by atoms with van der Waals surface area (Å²) in [5.74, 6) is 1.29. The molecule has 0 aliphatic carbocycles. The molecule has 3 heterocycles. The highest BCUT2D eigenvalue weighted by molar-refractivity contribution is 5.78. The second-order valence-corrected chi connectivity index (χ2v) is 8.15. The number of carbonyl (C=O) groups excluding carboxylic acids is 1. The maximum Gasteiger partial charge on any atom is 0.260 e. The molecular weight excluding hydrogens is 358 g/mol. The molecule has 1 amide bonds. The van der Waals surface area contributed by atoms with Crippen LogP contribution in [0, 0.1) is 5.41 Å². The van der Waals surface area contributed by atoms with Crippen molar-refractivity contribution in [1.29, 1.82) is 0 Å². The van der Waals surface area contributed by atoms with Crippen molar-refractivity contribution in [3.63, 3.8) is 0 Å². The molecule has 7 nitrogen and oxygen atoms in total. The van der Waals surface area contributed by atoms with Crippen molar-refractivity contribution in [2.45, 2.75) is 19.4 Å². The van der Waals surface area contributed by atoms with Crippen LogP contribution in [0.3, 0.4) is 0 Å². The van der Waals surface area contributed by atoms with Gasteiger partial charge in [-0.1, -0.05) is 6.07 Å². The lowest BCUT2D eigenvalue weighted by Gasteiger charge is -2.26. The number of likely N-dealkylation sites (tertiary alicyclic amines) is 1. The zero-order valence-corrected chi connectivity index (χ0v) is 16.7. The quantitative estimate of drug-likeness (QED) is 0.787. The molecule has 1 unspecified atom stereocenters. The van der Waals surface area contributed by atoms with Gasteiger partial charge in [-0.05, 0) is 49.0 Å². The number of hydrogen-bond donors (Lipinski definition) is 1. The van der Waals surface area contributed by atoms with Gasteiger partial charge in [0.2, 0.25) is 0 Å². The first kappa shape index (κ1) is 19.5. The largest absolute Gasteiger partial charge is 0.493 e. The zero-order chi connectivity index (χ0) is 19.4. The van der Waals surface area contributed by atoms with E-state index in [9.17, 15) is 4.79 Å². The number of rotatable bonds is 6. The summed E-state index contributed by atoms with van der Waals surface area (Å²) in [6.45, 7) is 8.01. The van der Waals surface area contributed by atoms with E-state index < -0.39 is 0 Å². The number of amides is 1. The summed E-state index contributed by atoms with van der Waals surface area (Å²) in [4.78, 5) is 16.6. The summed E-state index contributed by atoms with van der Waals surface area (Å²) >= 11 is 0. The van der Waals surface area contributed by atoms with Crippen molar-refractivity contribution in [2.75, 3.05) is 66.2 Å². The molecule has 3 saturated heterocycles. The molecule has 28 heavy (non-hydrogen) atoms. The molecule has 0 radical (unpaired) electrons. The van der Waals surface area contributed by atoms with Crippen molar-refractivity contribution >= 4 is 5.91 Å². The molecule has 0 bridgehead atoms. The first-order valence-corrected chi connectivity index (χ1v) is 10.3. The Morgan fingerprint density at radius 1 is 1.21 bits per heavy atom. The average molecular weight is 389 g/mol. The Balaban J connectivity index is 1.33. The lowest BCUT2D eigenvalue weighted by atomic mass is 9.86. The molecule has 1 spiro atoms. The first-order valence-electron chi connectivity index (χ1n) is 10.3. The van der Waals surface area contributed by atoms with Gasteiger partial charge in [0.15, 0.2) is 18.1 Å². The van der Waals surface area contributed by atoms with E-state index in [1.165, 1.54) is 18.4 Å². The number of ether oxygens (including phenoxy) is 3. The van der Waals surface area contributed by atoms with Crippen LogP contribution >= 0.6 is 0 Å². The van der Waals surface area contributed by atoms with Gasteiger partial charge < -0.3 is 24.4 Å². The molecule has 3 aliphatic rings. The predicted molar refractivity (Wildman–Crippen MR) is 106 cm³/mol. The average Bonchev–Trinajstić information content (AvgIpc) is 3.36. The Bertz CT molecular complexity index is 684. The Morgan fingerprint density at radius 3 is 2.82 bits per heavy atom. The van der Waals surface area contributed by atoms with Crippen molar-refractivity contribution in [3.05, 3.63) is 23.8 Å². The SMILES string of the molecule is COc1cc(CN2CCC3(CCNC3)C2)ccc1OCC(=O)N1CCOCC1. The van der Waals surface area contributed by atoms with E-state index in [1.54, 1.807) is 12.0 Å². The maximum atomic E-state index is 12.3. The Morgan fingerprint density at radius 2 is 2.07 bits per heavy atom. The van der Waals surface area contributed by atoms with Crippen molar-refractivity contribution in [3.8, 4) is 11.5 Å². The van der Waals surface area contributed by atoms with Crippen LogP contribution in [0.1, 0.15) is 18.4 Å². The van der Waals surface area contributed by atoms with Gasteiger partial charge in [0.1, 0.15) is 0 Å². The van der Waals surface area contributed by atoms with Gasteiger partial charge in [-0.3, -0.25) is 9.69 Å². The summed E-state index contributed by atoms with van der Waals surface area (Å²) in [7, 11) is 1.64. The topological polar surface area (TPSA) is 63.3 Å². The molecule has 1 aromatic carbocycles. The molecule has 4 rings (SSSR count). The highest BCUT2D eigenvalue weighted by Gasteiger charge is 2.40. The van der Waals surface area contributed by atoms with Gasteiger partial charge in [-0.2, -0.15) is 0 Å². The number of methoxy groups -OCH3 is 1. The second kappa shape index (κ2) is 8.68. The van der Waals surface area contributed by atoms with Gasteiger partial charge >= 0.3 is 0 Å². The lowest BCUT2D eigenvalue weighted by molar-refractivity contribution is -0.137. The fraction of sp³-hybridized carbons (Fsp3) is 0.667. The predicted octanol–water partition coefficient (Wildman–Crippen LogP) is 1.12. The first-order chi connectivity index (χ1) is 13.7. The van der Waals surface area contributed by atoms with Crippen LogP contribution in [0.15, 0.2) is 18.2 Å². The number of carbonyl (C=O) groups is 1. The van der Waals surface area contributed by atoms with Crippen molar-refractivity contribution in [2.24, 2.45) is 5.41 Å². The van der Waals surface area contributed by atoms with Crippen molar-refractivity contribution in [1.82, 2.24) is 15.1 Å². The minimum Gasteiger partial charge on any atom is -0.493 e. The fourth-order valence-electron chi connectivity index (χ4n) is 4.54. The van der Waals surface area contributed by atoms with Gasteiger partial charge in [0, 0.05) is 32.7 Å². The molecule has 1 aromatic rings. The Labute approximate surface area is 166 Å². The highest BCUT2D eigenvalue weighted by atomic mass is 16.5. The third-order valence-corrected chi connectivity index (χ3v) is 6.20. The molecule has 3 aliphatic heterocycles. The summed E-state index contributed by atoms with van der Waals surface area (Å²) in [5.41, 5.74) is 1.69. The second-order valence-electron chi connectivity index (χ2n) is 8.15. The minimum atomic E-state index is -0.0121. The normalized spacial score (nSPS) is 25.4. The molecule has 0 saturated carbocycles. The summed E-state index contributed by atoms with van der Waals surface area (Å²) in [6, 6.07) is 6.03. The number of hydrogen-bond acceptors (Lipinski definition) is 6. The molecule has 0 aromatic heterocycles. The van der Waals surface area contributed by atoms with Gasteiger partial charge in [0.05, 0.1) is 20.3 Å². The molecule has 1 atom stereocenters. The fourth-order valence-corrected chi connectivity index (χ4v) is 4.54. The minimum absolute atomic E-state index is 0.0121. The zero-order valence-electron chi connectivity index (χ0n) is 16.7. The Hall–Kier alpha value is -1.83. The molecule has 154 valence electrons. The van der Waals surface area contributed by atoms with Crippen LogP contribution in [-0.4, -0.2) is 81.9 Å². The number of morpholine rings is 1.